The Hall–Kier alpha value is -2.01. The lowest BCUT2D eigenvalue weighted by Gasteiger charge is -2.17. The summed E-state index contributed by atoms with van der Waals surface area (Å²) in [6, 6.07) is 0. The first kappa shape index (κ1) is 14.9. The second-order valence-corrected chi connectivity index (χ2v) is 4.93. The van der Waals surface area contributed by atoms with Gasteiger partial charge in [-0.2, -0.15) is 4.98 Å². The van der Waals surface area contributed by atoms with Crippen molar-refractivity contribution >= 4 is 17.1 Å². The summed E-state index contributed by atoms with van der Waals surface area (Å²) in [5.74, 6) is 0.272. The Bertz CT molecular complexity index is 728. The lowest BCUT2D eigenvalue weighted by molar-refractivity contribution is -0.0535. The molecule has 3 heterocycles. The fourth-order valence-corrected chi connectivity index (χ4v) is 2.62. The molecule has 0 amide bonds. The molecule has 120 valence electrons. The Morgan fingerprint density at radius 2 is 2.36 bits per heavy atom. The first-order valence-corrected chi connectivity index (χ1v) is 6.72. The topological polar surface area (TPSA) is 135 Å². The number of imidazole rings is 1. The molecule has 0 bridgehead atoms. The van der Waals surface area contributed by atoms with Crippen LogP contribution in [0.15, 0.2) is 11.1 Å². The van der Waals surface area contributed by atoms with Crippen LogP contribution in [0.1, 0.15) is 6.23 Å². The van der Waals surface area contributed by atoms with E-state index in [1.54, 1.807) is 7.05 Å². The van der Waals surface area contributed by atoms with Crippen molar-refractivity contribution in [3.63, 3.8) is 0 Å². The molecule has 2 aromatic rings. The molecule has 0 unspecified atom stereocenters. The predicted octanol–water partition coefficient (Wildman–Crippen LogP) is -1.57. The summed E-state index contributed by atoms with van der Waals surface area (Å²) in [5.41, 5.74) is 0.00407. The van der Waals surface area contributed by atoms with Crippen LogP contribution in [0, 0.1) is 0 Å². The largest absolute Gasteiger partial charge is 0.394 e. The van der Waals surface area contributed by atoms with E-state index in [1.165, 1.54) is 18.0 Å². The van der Waals surface area contributed by atoms with Gasteiger partial charge in [-0.3, -0.25) is 14.3 Å². The van der Waals surface area contributed by atoms with E-state index in [-0.39, 0.29) is 23.7 Å². The number of methoxy groups -OCH3 is 1. The van der Waals surface area contributed by atoms with Crippen molar-refractivity contribution in [3.05, 3.63) is 16.7 Å². The maximum atomic E-state index is 11.9. The normalized spacial score (nSPS) is 28.4. The van der Waals surface area contributed by atoms with Crippen LogP contribution >= 0.6 is 0 Å². The number of ether oxygens (including phenoxy) is 2. The molecule has 10 heteroatoms. The van der Waals surface area contributed by atoms with Gasteiger partial charge in [-0.15, -0.1) is 0 Å². The van der Waals surface area contributed by atoms with Gasteiger partial charge in [0, 0.05) is 14.2 Å². The summed E-state index contributed by atoms with van der Waals surface area (Å²) in [6.45, 7) is -0.297. The zero-order valence-electron chi connectivity index (χ0n) is 12.1. The Labute approximate surface area is 124 Å². The molecule has 1 saturated heterocycles. The number of aliphatic hydroxyl groups excluding tert-OH is 2. The van der Waals surface area contributed by atoms with Crippen molar-refractivity contribution in [3.8, 4) is 0 Å². The van der Waals surface area contributed by atoms with Crippen LogP contribution in [0.2, 0.25) is 0 Å². The van der Waals surface area contributed by atoms with Gasteiger partial charge in [-0.1, -0.05) is 0 Å². The number of nitrogens with one attached hydrogen (secondary N) is 2. The summed E-state index contributed by atoms with van der Waals surface area (Å²) >= 11 is 0. The Morgan fingerprint density at radius 3 is 2.95 bits per heavy atom. The third kappa shape index (κ3) is 2.16. The third-order valence-corrected chi connectivity index (χ3v) is 3.70. The van der Waals surface area contributed by atoms with Crippen LogP contribution in [-0.4, -0.2) is 68.8 Å². The predicted molar refractivity (Wildman–Crippen MR) is 75.5 cm³/mol. The minimum absolute atomic E-state index is 0.135. The molecule has 0 aliphatic carbocycles. The van der Waals surface area contributed by atoms with Crippen molar-refractivity contribution in [2.24, 2.45) is 0 Å². The maximum absolute atomic E-state index is 11.9. The van der Waals surface area contributed by atoms with E-state index < -0.39 is 30.1 Å². The molecule has 4 N–H and O–H groups in total. The molecule has 1 fully saturated rings. The second-order valence-electron chi connectivity index (χ2n) is 4.93. The molecule has 2 aromatic heterocycles. The average molecular weight is 311 g/mol. The van der Waals surface area contributed by atoms with Crippen molar-refractivity contribution < 1.29 is 19.7 Å². The van der Waals surface area contributed by atoms with Crippen LogP contribution in [0.4, 0.5) is 5.95 Å². The fraction of sp³-hybridized carbons (Fsp3) is 0.583. The molecular weight excluding hydrogens is 294 g/mol. The number of nitrogens with zero attached hydrogens (tertiary/aromatic N) is 3. The van der Waals surface area contributed by atoms with E-state index in [2.05, 4.69) is 20.3 Å². The highest BCUT2D eigenvalue weighted by molar-refractivity contribution is 5.70. The molecule has 1 aliphatic rings. The minimum atomic E-state index is -1.03. The van der Waals surface area contributed by atoms with E-state index in [1.807, 2.05) is 0 Å². The summed E-state index contributed by atoms with van der Waals surface area (Å²) in [6.07, 6.45) is -1.87. The van der Waals surface area contributed by atoms with Gasteiger partial charge in [-0.05, 0) is 0 Å². The molecule has 0 aromatic carbocycles. The van der Waals surface area contributed by atoms with Crippen LogP contribution in [-0.2, 0) is 9.47 Å². The van der Waals surface area contributed by atoms with Gasteiger partial charge in [0.2, 0.25) is 5.95 Å². The number of anilines is 1. The van der Waals surface area contributed by atoms with Crippen molar-refractivity contribution in [1.29, 1.82) is 0 Å². The van der Waals surface area contributed by atoms with Gasteiger partial charge < -0.3 is 25.0 Å². The molecule has 10 nitrogen and oxygen atoms in total. The van der Waals surface area contributed by atoms with E-state index in [0.717, 1.165) is 0 Å². The number of H-pyrrole nitrogens is 1. The Morgan fingerprint density at radius 1 is 1.59 bits per heavy atom. The summed E-state index contributed by atoms with van der Waals surface area (Å²) in [5, 5.41) is 22.4. The highest BCUT2D eigenvalue weighted by atomic mass is 16.6. The smallest absolute Gasteiger partial charge is 0.280 e. The number of aliphatic hydroxyl groups is 2. The quantitative estimate of drug-likeness (QED) is 0.532. The lowest BCUT2D eigenvalue weighted by atomic mass is 10.1. The first-order valence-electron chi connectivity index (χ1n) is 6.72. The van der Waals surface area contributed by atoms with E-state index in [4.69, 9.17) is 9.47 Å². The zero-order valence-corrected chi connectivity index (χ0v) is 12.1. The molecule has 0 saturated carbocycles. The second kappa shape index (κ2) is 5.65. The van der Waals surface area contributed by atoms with Crippen LogP contribution in [0.25, 0.3) is 11.2 Å². The Balaban J connectivity index is 2.07. The standard InChI is InChI=1S/C12H17N5O5/c1-13-12-15-9-6(10(20)16-12)14-4-17(9)11-7(19)8(21-2)5(3-18)22-11/h4-5,7-8,11,18-19H,3H2,1-2H3,(H2,13,15,16,20)/t5-,7-,8-,11-/m1/s1. The molecule has 0 spiro atoms. The first-order chi connectivity index (χ1) is 10.6. The van der Waals surface area contributed by atoms with Gasteiger partial charge in [-0.25, -0.2) is 4.98 Å². The zero-order chi connectivity index (χ0) is 15.9. The van der Waals surface area contributed by atoms with Crippen molar-refractivity contribution in [1.82, 2.24) is 19.5 Å². The molecule has 4 atom stereocenters. The van der Waals surface area contributed by atoms with Gasteiger partial charge in [0.25, 0.3) is 5.56 Å². The van der Waals surface area contributed by atoms with Gasteiger partial charge in [0.15, 0.2) is 17.4 Å². The monoisotopic (exact) mass is 311 g/mol. The molecule has 1 aliphatic heterocycles. The molecule has 3 rings (SSSR count). The number of hydrogen-bond donors (Lipinski definition) is 4. The van der Waals surface area contributed by atoms with E-state index in [0.29, 0.717) is 0 Å². The van der Waals surface area contributed by atoms with E-state index >= 15 is 0 Å². The maximum Gasteiger partial charge on any atom is 0.280 e. The number of rotatable bonds is 4. The van der Waals surface area contributed by atoms with Crippen LogP contribution in [0.5, 0.6) is 0 Å². The lowest BCUT2D eigenvalue weighted by Crippen LogP contribution is -2.35. The average Bonchev–Trinajstić information content (AvgIpc) is 3.07. The highest BCUT2D eigenvalue weighted by Crippen LogP contribution is 2.32. The third-order valence-electron chi connectivity index (χ3n) is 3.70. The number of hydrogen-bond acceptors (Lipinski definition) is 8. The molecular formula is C12H17N5O5. The van der Waals surface area contributed by atoms with Gasteiger partial charge in [0.05, 0.1) is 12.9 Å². The summed E-state index contributed by atoms with van der Waals surface area (Å²) < 4.78 is 12.2. The highest BCUT2D eigenvalue weighted by Gasteiger charge is 2.45. The fourth-order valence-electron chi connectivity index (χ4n) is 2.62. The summed E-state index contributed by atoms with van der Waals surface area (Å²) in [7, 11) is 3.05. The number of aromatic nitrogens is 4. The van der Waals surface area contributed by atoms with Crippen molar-refractivity contribution in [2.75, 3.05) is 26.1 Å². The minimum Gasteiger partial charge on any atom is -0.394 e. The van der Waals surface area contributed by atoms with Crippen LogP contribution in [0.3, 0.4) is 0 Å². The molecule has 22 heavy (non-hydrogen) atoms. The van der Waals surface area contributed by atoms with Crippen molar-refractivity contribution in [2.45, 2.75) is 24.5 Å². The summed E-state index contributed by atoms with van der Waals surface area (Å²) in [4.78, 5) is 22.7. The van der Waals surface area contributed by atoms with E-state index in [9.17, 15) is 15.0 Å². The SMILES string of the molecule is CNc1nc2c(ncn2[C@@H]2O[C@H](CO)[C@@H](OC)[C@H]2O)c(=O)[nH]1. The van der Waals surface area contributed by atoms with Gasteiger partial charge in [0.1, 0.15) is 18.3 Å². The Kier molecular flexibility index (Phi) is 3.83. The number of fused-ring (bicyclic) bond motifs is 1. The van der Waals surface area contributed by atoms with Gasteiger partial charge >= 0.3 is 0 Å². The van der Waals surface area contributed by atoms with Crippen LogP contribution < -0.4 is 10.9 Å². The molecule has 0 radical (unpaired) electrons. The number of aromatic amines is 1.